The van der Waals surface area contributed by atoms with E-state index in [0.29, 0.717) is 6.54 Å². The summed E-state index contributed by atoms with van der Waals surface area (Å²) in [7, 11) is 1.81. The highest BCUT2D eigenvalue weighted by Crippen LogP contribution is 2.12. The van der Waals surface area contributed by atoms with Gasteiger partial charge in [0.2, 0.25) is 0 Å². The normalized spacial score (nSPS) is 10.0. The zero-order valence-corrected chi connectivity index (χ0v) is 10.2. The molecule has 1 aromatic heterocycles. The van der Waals surface area contributed by atoms with Crippen molar-refractivity contribution < 1.29 is 9.90 Å². The highest BCUT2D eigenvalue weighted by molar-refractivity contribution is 5.67. The van der Waals surface area contributed by atoms with Crippen LogP contribution in [0.5, 0.6) is 0 Å². The summed E-state index contributed by atoms with van der Waals surface area (Å²) in [5.74, 6) is 0.675. The number of anilines is 2. The van der Waals surface area contributed by atoms with Gasteiger partial charge in [0.05, 0.1) is 6.42 Å². The second kappa shape index (κ2) is 6.67. The summed E-state index contributed by atoms with van der Waals surface area (Å²) in [6.07, 6.45) is 2.59. The topological polar surface area (TPSA) is 78.4 Å². The number of aliphatic carboxylic acids is 1. The molecule has 0 bridgehead atoms. The van der Waals surface area contributed by atoms with E-state index in [1.54, 1.807) is 4.90 Å². The standard InChI is InChI=1S/C11H18N4O2/c1-3-5-12-9-7-10(14-8-13-9)15(2)6-4-11(16)17/h7-8H,3-6H2,1-2H3,(H,16,17)(H,12,13,14). The largest absolute Gasteiger partial charge is 0.481 e. The molecule has 1 heterocycles. The van der Waals surface area contributed by atoms with Gasteiger partial charge in [-0.05, 0) is 6.42 Å². The number of rotatable bonds is 7. The molecule has 6 nitrogen and oxygen atoms in total. The Morgan fingerprint density at radius 1 is 1.53 bits per heavy atom. The van der Waals surface area contributed by atoms with Crippen LogP contribution in [0.25, 0.3) is 0 Å². The number of nitrogens with zero attached hydrogens (tertiary/aromatic N) is 3. The molecule has 0 aliphatic rings. The highest BCUT2D eigenvalue weighted by Gasteiger charge is 2.06. The molecule has 1 aromatic rings. The zero-order chi connectivity index (χ0) is 12.7. The second-order valence-corrected chi connectivity index (χ2v) is 3.75. The number of nitrogens with one attached hydrogen (secondary N) is 1. The van der Waals surface area contributed by atoms with Crippen molar-refractivity contribution in [2.45, 2.75) is 19.8 Å². The molecular weight excluding hydrogens is 220 g/mol. The van der Waals surface area contributed by atoms with Crippen LogP contribution in [0.15, 0.2) is 12.4 Å². The molecule has 1 rings (SSSR count). The van der Waals surface area contributed by atoms with Crippen molar-refractivity contribution in [1.29, 1.82) is 0 Å². The minimum absolute atomic E-state index is 0.0955. The number of carbonyl (C=O) groups is 1. The van der Waals surface area contributed by atoms with Crippen LogP contribution in [0.3, 0.4) is 0 Å². The van der Waals surface area contributed by atoms with E-state index in [2.05, 4.69) is 22.2 Å². The van der Waals surface area contributed by atoms with E-state index < -0.39 is 5.97 Å². The van der Waals surface area contributed by atoms with Crippen LogP contribution in [0.4, 0.5) is 11.6 Å². The average molecular weight is 238 g/mol. The molecule has 6 heteroatoms. The molecule has 0 fully saturated rings. The molecule has 17 heavy (non-hydrogen) atoms. The Labute approximate surface area is 101 Å². The first-order valence-electron chi connectivity index (χ1n) is 5.62. The number of carboxylic acids is 1. The van der Waals surface area contributed by atoms with E-state index in [1.165, 1.54) is 6.33 Å². The van der Waals surface area contributed by atoms with Crippen LogP contribution >= 0.6 is 0 Å². The Kier molecular flexibility index (Phi) is 5.19. The maximum atomic E-state index is 10.5. The van der Waals surface area contributed by atoms with Gasteiger partial charge < -0.3 is 15.3 Å². The molecule has 0 aliphatic heterocycles. The molecule has 0 amide bonds. The fourth-order valence-corrected chi connectivity index (χ4v) is 1.28. The fraction of sp³-hybridized carbons (Fsp3) is 0.545. The summed E-state index contributed by atoms with van der Waals surface area (Å²) in [4.78, 5) is 20.5. The maximum absolute atomic E-state index is 10.5. The molecular formula is C11H18N4O2. The predicted molar refractivity (Wildman–Crippen MR) is 66.3 cm³/mol. The molecule has 0 spiro atoms. The van der Waals surface area contributed by atoms with Gasteiger partial charge >= 0.3 is 5.97 Å². The van der Waals surface area contributed by atoms with Crippen molar-refractivity contribution in [2.75, 3.05) is 30.4 Å². The van der Waals surface area contributed by atoms with E-state index in [1.807, 2.05) is 13.1 Å². The molecule has 0 aliphatic carbocycles. The molecule has 2 N–H and O–H groups in total. The zero-order valence-electron chi connectivity index (χ0n) is 10.2. The Morgan fingerprint density at radius 2 is 2.29 bits per heavy atom. The van der Waals surface area contributed by atoms with Gasteiger partial charge in [-0.3, -0.25) is 4.79 Å². The smallest absolute Gasteiger partial charge is 0.305 e. The van der Waals surface area contributed by atoms with E-state index >= 15 is 0 Å². The summed E-state index contributed by atoms with van der Waals surface area (Å²) in [5.41, 5.74) is 0. The summed E-state index contributed by atoms with van der Waals surface area (Å²) in [5, 5.41) is 11.8. The lowest BCUT2D eigenvalue weighted by Crippen LogP contribution is -2.22. The van der Waals surface area contributed by atoms with Crippen molar-refractivity contribution in [3.63, 3.8) is 0 Å². The van der Waals surface area contributed by atoms with Crippen molar-refractivity contribution in [1.82, 2.24) is 9.97 Å². The van der Waals surface area contributed by atoms with Gasteiger partial charge in [-0.15, -0.1) is 0 Å². The average Bonchev–Trinajstić information content (AvgIpc) is 2.33. The Bertz CT molecular complexity index is 370. The quantitative estimate of drug-likeness (QED) is 0.743. The van der Waals surface area contributed by atoms with Gasteiger partial charge in [0.15, 0.2) is 0 Å². The van der Waals surface area contributed by atoms with Crippen molar-refractivity contribution >= 4 is 17.6 Å². The Hall–Kier alpha value is -1.85. The van der Waals surface area contributed by atoms with Crippen molar-refractivity contribution in [2.24, 2.45) is 0 Å². The van der Waals surface area contributed by atoms with Crippen molar-refractivity contribution in [3.05, 3.63) is 12.4 Å². The monoisotopic (exact) mass is 238 g/mol. The highest BCUT2D eigenvalue weighted by atomic mass is 16.4. The molecule has 0 unspecified atom stereocenters. The fourth-order valence-electron chi connectivity index (χ4n) is 1.28. The Morgan fingerprint density at radius 3 is 2.94 bits per heavy atom. The third-order valence-corrected chi connectivity index (χ3v) is 2.26. The molecule has 94 valence electrons. The van der Waals surface area contributed by atoms with Gasteiger partial charge in [0.25, 0.3) is 0 Å². The first kappa shape index (κ1) is 13.2. The lowest BCUT2D eigenvalue weighted by molar-refractivity contribution is -0.136. The van der Waals surface area contributed by atoms with Gasteiger partial charge in [-0.25, -0.2) is 9.97 Å². The number of hydrogen-bond acceptors (Lipinski definition) is 5. The third-order valence-electron chi connectivity index (χ3n) is 2.26. The molecule has 0 radical (unpaired) electrons. The van der Waals surface area contributed by atoms with E-state index in [0.717, 1.165) is 24.6 Å². The van der Waals surface area contributed by atoms with Crippen LogP contribution in [0.1, 0.15) is 19.8 Å². The number of carboxylic acid groups (broad SMARTS) is 1. The van der Waals surface area contributed by atoms with Crippen LogP contribution in [0.2, 0.25) is 0 Å². The Balaban J connectivity index is 2.60. The molecule has 0 saturated carbocycles. The van der Waals surface area contributed by atoms with Crippen LogP contribution in [0, 0.1) is 0 Å². The van der Waals surface area contributed by atoms with Gasteiger partial charge in [0, 0.05) is 26.2 Å². The molecule has 0 aromatic carbocycles. The lowest BCUT2D eigenvalue weighted by atomic mass is 10.4. The van der Waals surface area contributed by atoms with Crippen LogP contribution in [-0.4, -0.2) is 41.2 Å². The van der Waals surface area contributed by atoms with Crippen molar-refractivity contribution in [3.8, 4) is 0 Å². The van der Waals surface area contributed by atoms with E-state index in [-0.39, 0.29) is 6.42 Å². The summed E-state index contributed by atoms with van der Waals surface area (Å²) in [6, 6.07) is 1.82. The van der Waals surface area contributed by atoms with Gasteiger partial charge in [-0.1, -0.05) is 6.92 Å². The molecule has 0 saturated heterocycles. The lowest BCUT2D eigenvalue weighted by Gasteiger charge is -2.17. The summed E-state index contributed by atoms with van der Waals surface area (Å²) < 4.78 is 0. The summed E-state index contributed by atoms with van der Waals surface area (Å²) in [6.45, 7) is 3.36. The van der Waals surface area contributed by atoms with E-state index in [4.69, 9.17) is 5.11 Å². The van der Waals surface area contributed by atoms with Gasteiger partial charge in [-0.2, -0.15) is 0 Å². The first-order valence-corrected chi connectivity index (χ1v) is 5.62. The third kappa shape index (κ3) is 4.67. The minimum atomic E-state index is -0.810. The first-order chi connectivity index (χ1) is 8.13. The predicted octanol–water partition coefficient (Wildman–Crippen LogP) is 1.21. The second-order valence-electron chi connectivity index (χ2n) is 3.75. The van der Waals surface area contributed by atoms with Crippen LogP contribution < -0.4 is 10.2 Å². The number of aromatic nitrogens is 2. The minimum Gasteiger partial charge on any atom is -0.481 e. The number of hydrogen-bond donors (Lipinski definition) is 2. The SMILES string of the molecule is CCCNc1cc(N(C)CCC(=O)O)ncn1. The maximum Gasteiger partial charge on any atom is 0.305 e. The summed E-state index contributed by atoms with van der Waals surface area (Å²) >= 11 is 0. The molecule has 0 atom stereocenters. The van der Waals surface area contributed by atoms with Crippen LogP contribution in [-0.2, 0) is 4.79 Å². The van der Waals surface area contributed by atoms with E-state index in [9.17, 15) is 4.79 Å². The van der Waals surface area contributed by atoms with Gasteiger partial charge in [0.1, 0.15) is 18.0 Å².